The van der Waals surface area contributed by atoms with Crippen LogP contribution in [0, 0.1) is 0 Å². The van der Waals surface area contributed by atoms with Gasteiger partial charge in [0.05, 0.1) is 12.7 Å². The molecule has 1 atom stereocenters. The van der Waals surface area contributed by atoms with Gasteiger partial charge < -0.3 is 19.9 Å². The third-order valence-corrected chi connectivity index (χ3v) is 3.06. The number of amides is 1. The minimum absolute atomic E-state index is 0.279. The minimum atomic E-state index is -1.70. The predicted octanol–water partition coefficient (Wildman–Crippen LogP) is 2.30. The number of carbonyl (C=O) groups is 3. The predicted molar refractivity (Wildman–Crippen MR) is 82.1 cm³/mol. The van der Waals surface area contributed by atoms with E-state index in [4.69, 9.17) is 4.74 Å². The number of carboxylic acids is 1. The summed E-state index contributed by atoms with van der Waals surface area (Å²) >= 11 is 0. The standard InChI is InChI=1S/C16H21NO6/c1-15(2,3)23-14(21)17-16(4,13(19)20)11-8-6-10(7-9-11)12(18)22-5/h6-9H,1-5H3,(H,17,21)(H,19,20). The molecule has 1 aromatic carbocycles. The maximum absolute atomic E-state index is 11.9. The summed E-state index contributed by atoms with van der Waals surface area (Å²) < 4.78 is 9.68. The van der Waals surface area contributed by atoms with Crippen LogP contribution in [0.4, 0.5) is 4.79 Å². The van der Waals surface area contributed by atoms with Gasteiger partial charge in [-0.05, 0) is 45.4 Å². The van der Waals surface area contributed by atoms with Gasteiger partial charge >= 0.3 is 18.0 Å². The first kappa shape index (κ1) is 18.5. The lowest BCUT2D eigenvalue weighted by Gasteiger charge is -2.29. The molecule has 0 spiro atoms. The second-order valence-electron chi connectivity index (χ2n) is 6.13. The molecule has 23 heavy (non-hydrogen) atoms. The van der Waals surface area contributed by atoms with E-state index in [0.29, 0.717) is 5.56 Å². The van der Waals surface area contributed by atoms with E-state index >= 15 is 0 Å². The Hall–Kier alpha value is -2.57. The molecule has 7 heteroatoms. The summed E-state index contributed by atoms with van der Waals surface area (Å²) in [5.41, 5.74) is -1.88. The van der Waals surface area contributed by atoms with E-state index in [-0.39, 0.29) is 5.56 Å². The Bertz CT molecular complexity index is 602. The number of rotatable bonds is 4. The molecule has 0 radical (unpaired) electrons. The van der Waals surface area contributed by atoms with Crippen molar-refractivity contribution in [1.82, 2.24) is 5.32 Å². The number of alkyl carbamates (subject to hydrolysis) is 1. The smallest absolute Gasteiger partial charge is 0.408 e. The Kier molecular flexibility index (Phi) is 5.37. The number of methoxy groups -OCH3 is 1. The zero-order chi connectivity index (χ0) is 17.8. The highest BCUT2D eigenvalue weighted by atomic mass is 16.6. The van der Waals surface area contributed by atoms with Crippen LogP contribution in [0.25, 0.3) is 0 Å². The molecule has 0 aliphatic rings. The summed E-state index contributed by atoms with van der Waals surface area (Å²) in [4.78, 5) is 35.0. The lowest BCUT2D eigenvalue weighted by Crippen LogP contribution is -2.51. The maximum Gasteiger partial charge on any atom is 0.408 e. The summed E-state index contributed by atoms with van der Waals surface area (Å²) in [5.74, 6) is -1.79. The van der Waals surface area contributed by atoms with E-state index in [9.17, 15) is 19.5 Å². The Morgan fingerprint density at radius 3 is 1.96 bits per heavy atom. The highest BCUT2D eigenvalue weighted by molar-refractivity contribution is 5.90. The van der Waals surface area contributed by atoms with Crippen molar-refractivity contribution in [2.45, 2.75) is 38.8 Å². The first-order chi connectivity index (χ1) is 10.5. The second kappa shape index (κ2) is 6.68. The largest absolute Gasteiger partial charge is 0.479 e. The molecule has 1 unspecified atom stereocenters. The summed E-state index contributed by atoms with van der Waals surface area (Å²) in [6.07, 6.45) is -0.848. The lowest BCUT2D eigenvalue weighted by atomic mass is 9.91. The summed E-state index contributed by atoms with van der Waals surface area (Å²) in [6.45, 7) is 6.37. The molecule has 1 aromatic rings. The van der Waals surface area contributed by atoms with Crippen LogP contribution in [0.5, 0.6) is 0 Å². The van der Waals surface area contributed by atoms with Gasteiger partial charge in [-0.25, -0.2) is 14.4 Å². The van der Waals surface area contributed by atoms with Crippen LogP contribution >= 0.6 is 0 Å². The fourth-order valence-corrected chi connectivity index (χ4v) is 1.81. The summed E-state index contributed by atoms with van der Waals surface area (Å²) in [5, 5.41) is 11.8. The zero-order valence-electron chi connectivity index (χ0n) is 13.8. The second-order valence-corrected chi connectivity index (χ2v) is 6.13. The van der Waals surface area contributed by atoms with Crippen LogP contribution in [0.1, 0.15) is 43.6 Å². The van der Waals surface area contributed by atoms with Gasteiger partial charge in [0, 0.05) is 0 Å². The molecule has 1 amide bonds. The van der Waals surface area contributed by atoms with E-state index in [1.165, 1.54) is 38.3 Å². The van der Waals surface area contributed by atoms with Gasteiger partial charge in [-0.3, -0.25) is 0 Å². The highest BCUT2D eigenvalue weighted by Gasteiger charge is 2.38. The summed E-state index contributed by atoms with van der Waals surface area (Å²) in [6, 6.07) is 5.74. The van der Waals surface area contributed by atoms with Crippen LogP contribution in [0.2, 0.25) is 0 Å². The number of aliphatic carboxylic acids is 1. The van der Waals surface area contributed by atoms with Crippen molar-refractivity contribution in [2.75, 3.05) is 7.11 Å². The van der Waals surface area contributed by atoms with Crippen molar-refractivity contribution in [2.24, 2.45) is 0 Å². The van der Waals surface area contributed by atoms with Gasteiger partial charge in [0.15, 0.2) is 5.54 Å². The molecule has 126 valence electrons. The summed E-state index contributed by atoms with van der Waals surface area (Å²) in [7, 11) is 1.25. The van der Waals surface area contributed by atoms with Gasteiger partial charge in [-0.1, -0.05) is 12.1 Å². The van der Waals surface area contributed by atoms with Crippen LogP contribution < -0.4 is 5.32 Å². The number of carboxylic acid groups (broad SMARTS) is 1. The quantitative estimate of drug-likeness (QED) is 0.824. The molecule has 0 aliphatic heterocycles. The number of nitrogens with one attached hydrogen (secondary N) is 1. The van der Waals surface area contributed by atoms with E-state index in [1.54, 1.807) is 20.8 Å². The van der Waals surface area contributed by atoms with Crippen molar-refractivity contribution >= 4 is 18.0 Å². The first-order valence-electron chi connectivity index (χ1n) is 6.93. The number of benzene rings is 1. The normalized spacial score (nSPS) is 13.6. The molecule has 0 saturated heterocycles. The molecule has 0 heterocycles. The van der Waals surface area contributed by atoms with Gasteiger partial charge in [-0.15, -0.1) is 0 Å². The van der Waals surface area contributed by atoms with Crippen molar-refractivity contribution in [3.05, 3.63) is 35.4 Å². The lowest BCUT2D eigenvalue weighted by molar-refractivity contribution is -0.144. The molecule has 0 aliphatic carbocycles. The van der Waals surface area contributed by atoms with E-state index in [1.807, 2.05) is 0 Å². The molecule has 0 saturated carbocycles. The monoisotopic (exact) mass is 323 g/mol. The van der Waals surface area contributed by atoms with E-state index in [0.717, 1.165) is 0 Å². The number of hydrogen-bond donors (Lipinski definition) is 2. The van der Waals surface area contributed by atoms with Crippen LogP contribution in [0.3, 0.4) is 0 Å². The number of hydrogen-bond acceptors (Lipinski definition) is 5. The first-order valence-corrected chi connectivity index (χ1v) is 6.93. The van der Waals surface area contributed by atoms with Crippen molar-refractivity contribution < 1.29 is 29.0 Å². The van der Waals surface area contributed by atoms with Crippen molar-refractivity contribution in [3.63, 3.8) is 0 Å². The van der Waals surface area contributed by atoms with E-state index in [2.05, 4.69) is 10.1 Å². The van der Waals surface area contributed by atoms with E-state index < -0.39 is 29.2 Å². The SMILES string of the molecule is COC(=O)c1ccc(C(C)(NC(=O)OC(C)(C)C)C(=O)O)cc1. The molecule has 2 N–H and O–H groups in total. The Morgan fingerprint density at radius 1 is 1.04 bits per heavy atom. The maximum atomic E-state index is 11.9. The van der Waals surface area contributed by atoms with Gasteiger partial charge in [0.1, 0.15) is 5.60 Å². The molecule has 0 bridgehead atoms. The van der Waals surface area contributed by atoms with Gasteiger partial charge in [-0.2, -0.15) is 0 Å². The Balaban J connectivity index is 3.07. The fraction of sp³-hybridized carbons (Fsp3) is 0.438. The van der Waals surface area contributed by atoms with Crippen LogP contribution in [-0.2, 0) is 19.8 Å². The number of ether oxygens (including phenoxy) is 2. The van der Waals surface area contributed by atoms with Crippen LogP contribution in [0.15, 0.2) is 24.3 Å². The third kappa shape index (κ3) is 4.70. The third-order valence-electron chi connectivity index (χ3n) is 3.06. The zero-order valence-corrected chi connectivity index (χ0v) is 13.8. The molecule has 1 rings (SSSR count). The average molecular weight is 323 g/mol. The fourth-order valence-electron chi connectivity index (χ4n) is 1.81. The Labute approximate surface area is 134 Å². The minimum Gasteiger partial charge on any atom is -0.479 e. The molecular weight excluding hydrogens is 302 g/mol. The van der Waals surface area contributed by atoms with Crippen LogP contribution in [-0.4, -0.2) is 35.8 Å². The number of carbonyl (C=O) groups excluding carboxylic acids is 2. The van der Waals surface area contributed by atoms with Gasteiger partial charge in [0.2, 0.25) is 0 Å². The topological polar surface area (TPSA) is 102 Å². The molecule has 7 nitrogen and oxygen atoms in total. The van der Waals surface area contributed by atoms with Gasteiger partial charge in [0.25, 0.3) is 0 Å². The molecular formula is C16H21NO6. The highest BCUT2D eigenvalue weighted by Crippen LogP contribution is 2.23. The Morgan fingerprint density at radius 2 is 1.57 bits per heavy atom. The molecule has 0 aromatic heterocycles. The van der Waals surface area contributed by atoms with Crippen molar-refractivity contribution in [1.29, 1.82) is 0 Å². The number of esters is 1. The average Bonchev–Trinajstić information content (AvgIpc) is 2.44. The van der Waals surface area contributed by atoms with Crippen molar-refractivity contribution in [3.8, 4) is 0 Å². The molecule has 0 fully saturated rings.